The van der Waals surface area contributed by atoms with Crippen LogP contribution in [0.2, 0.25) is 18.1 Å². The average Bonchev–Trinajstić information content (AvgIpc) is 2.79. The Kier molecular flexibility index (Phi) is 6.81. The number of hydrogen-bond donors (Lipinski definition) is 0. The first kappa shape index (κ1) is 19.8. The van der Waals surface area contributed by atoms with E-state index in [-0.39, 0.29) is 16.9 Å². The largest absolute Gasteiger partial charge is 0.414 e. The molecule has 0 bridgehead atoms. The summed E-state index contributed by atoms with van der Waals surface area (Å²) in [5, 5.41) is 0.205. The van der Waals surface area contributed by atoms with Crippen molar-refractivity contribution in [2.45, 2.75) is 90.3 Å². The van der Waals surface area contributed by atoms with Gasteiger partial charge in [-0.1, -0.05) is 20.8 Å². The number of carbonyl (C=O) groups is 1. The van der Waals surface area contributed by atoms with Crippen molar-refractivity contribution in [1.82, 2.24) is 0 Å². The summed E-state index contributed by atoms with van der Waals surface area (Å²) in [6.45, 7) is 16.5. The summed E-state index contributed by atoms with van der Waals surface area (Å²) >= 11 is 0. The molecule has 0 aromatic rings. The summed E-state index contributed by atoms with van der Waals surface area (Å²) in [4.78, 5) is 12.1. The molecule has 0 N–H and O–H groups in total. The van der Waals surface area contributed by atoms with Gasteiger partial charge in [0.15, 0.2) is 14.1 Å². The zero-order chi connectivity index (χ0) is 17.0. The van der Waals surface area contributed by atoms with Crippen LogP contribution >= 0.6 is 0 Å². The highest BCUT2D eigenvalue weighted by Gasteiger charge is 2.38. The van der Waals surface area contributed by atoms with Crippen molar-refractivity contribution in [3.8, 4) is 0 Å². The van der Waals surface area contributed by atoms with E-state index in [4.69, 9.17) is 13.9 Å². The summed E-state index contributed by atoms with van der Waals surface area (Å²) in [7, 11) is -1.74. The Labute approximate surface area is 137 Å². The van der Waals surface area contributed by atoms with Crippen molar-refractivity contribution in [3.05, 3.63) is 0 Å². The lowest BCUT2D eigenvalue weighted by Crippen LogP contribution is -2.43. The van der Waals surface area contributed by atoms with Gasteiger partial charge in [-0.3, -0.25) is 4.79 Å². The summed E-state index contributed by atoms with van der Waals surface area (Å²) < 4.78 is 17.3. The fraction of sp³-hybridized carbons (Fsp3) is 0.941. The normalized spacial score (nSPS) is 20.1. The first-order chi connectivity index (χ1) is 9.95. The lowest BCUT2D eigenvalue weighted by molar-refractivity contribution is -0.151. The van der Waals surface area contributed by atoms with Crippen LogP contribution in [0, 0.1) is 0 Å². The molecule has 0 amide bonds. The molecule has 1 atom stereocenters. The second kappa shape index (κ2) is 7.56. The second-order valence-electron chi connectivity index (χ2n) is 8.10. The van der Waals surface area contributed by atoms with E-state index < -0.39 is 14.1 Å². The molecule has 1 fully saturated rings. The number of rotatable bonds is 8. The Bertz CT molecular complexity index is 367. The molecule has 1 aliphatic heterocycles. The molecule has 5 heteroatoms. The maximum Gasteiger partial charge on any atom is 0.192 e. The van der Waals surface area contributed by atoms with Crippen LogP contribution in [0.5, 0.6) is 0 Å². The zero-order valence-corrected chi connectivity index (χ0v) is 16.5. The van der Waals surface area contributed by atoms with Gasteiger partial charge in [0, 0.05) is 25.4 Å². The SMILES string of the molecule is CC(CCC(=O)CCC1(C)OCCO1)O[Si](C)(C)C(C)(C)C. The molecule has 0 spiro atoms. The minimum Gasteiger partial charge on any atom is -0.414 e. The number of ketones is 1. The summed E-state index contributed by atoms with van der Waals surface area (Å²) in [5.74, 6) is -0.287. The Morgan fingerprint density at radius 1 is 1.23 bits per heavy atom. The van der Waals surface area contributed by atoms with E-state index in [1.165, 1.54) is 0 Å². The van der Waals surface area contributed by atoms with Gasteiger partial charge < -0.3 is 13.9 Å². The van der Waals surface area contributed by atoms with Crippen LogP contribution in [-0.4, -0.2) is 39.2 Å². The van der Waals surface area contributed by atoms with Crippen LogP contribution in [0.4, 0.5) is 0 Å². The predicted octanol–water partition coefficient (Wildman–Crippen LogP) is 4.29. The smallest absolute Gasteiger partial charge is 0.192 e. The first-order valence-electron chi connectivity index (χ1n) is 8.43. The minimum atomic E-state index is -1.74. The Morgan fingerprint density at radius 2 is 1.77 bits per heavy atom. The van der Waals surface area contributed by atoms with E-state index in [0.29, 0.717) is 32.5 Å². The number of ether oxygens (including phenoxy) is 2. The fourth-order valence-electron chi connectivity index (χ4n) is 2.30. The van der Waals surface area contributed by atoms with E-state index in [0.717, 1.165) is 6.42 Å². The van der Waals surface area contributed by atoms with Gasteiger partial charge in [-0.2, -0.15) is 0 Å². The third-order valence-electron chi connectivity index (χ3n) is 4.89. The molecule has 1 saturated heterocycles. The number of Topliss-reactive ketones (excluding diaryl/α,β-unsaturated/α-hetero) is 1. The molecule has 1 unspecified atom stereocenters. The molecule has 1 aliphatic rings. The molecule has 22 heavy (non-hydrogen) atoms. The van der Waals surface area contributed by atoms with Crippen molar-refractivity contribution in [3.63, 3.8) is 0 Å². The van der Waals surface area contributed by atoms with Crippen LogP contribution in [-0.2, 0) is 18.7 Å². The van der Waals surface area contributed by atoms with Gasteiger partial charge in [0.05, 0.1) is 13.2 Å². The molecule has 1 heterocycles. The monoisotopic (exact) mass is 330 g/mol. The molecule has 0 saturated carbocycles. The third-order valence-corrected chi connectivity index (χ3v) is 9.49. The highest BCUT2D eigenvalue weighted by molar-refractivity contribution is 6.74. The highest BCUT2D eigenvalue weighted by atomic mass is 28.4. The van der Waals surface area contributed by atoms with Crippen LogP contribution in [0.3, 0.4) is 0 Å². The minimum absolute atomic E-state index is 0.138. The highest BCUT2D eigenvalue weighted by Crippen LogP contribution is 2.37. The molecule has 0 aromatic carbocycles. The summed E-state index contributed by atoms with van der Waals surface area (Å²) in [6.07, 6.45) is 2.67. The van der Waals surface area contributed by atoms with E-state index in [1.807, 2.05) is 6.92 Å². The van der Waals surface area contributed by atoms with Crippen LogP contribution < -0.4 is 0 Å². The van der Waals surface area contributed by atoms with Gasteiger partial charge >= 0.3 is 0 Å². The molecule has 0 aliphatic carbocycles. The van der Waals surface area contributed by atoms with E-state index in [9.17, 15) is 4.79 Å². The van der Waals surface area contributed by atoms with Crippen molar-refractivity contribution in [2.24, 2.45) is 0 Å². The quantitative estimate of drug-likeness (QED) is 0.623. The van der Waals surface area contributed by atoms with Gasteiger partial charge in [0.1, 0.15) is 5.78 Å². The molecule has 130 valence electrons. The van der Waals surface area contributed by atoms with Crippen molar-refractivity contribution < 1.29 is 18.7 Å². The van der Waals surface area contributed by atoms with Crippen LogP contribution in [0.25, 0.3) is 0 Å². The van der Waals surface area contributed by atoms with Crippen molar-refractivity contribution in [1.29, 1.82) is 0 Å². The number of hydrogen-bond acceptors (Lipinski definition) is 4. The van der Waals surface area contributed by atoms with Gasteiger partial charge in [0.25, 0.3) is 0 Å². The molecule has 0 aromatic heterocycles. The molecular weight excluding hydrogens is 296 g/mol. The molecule has 4 nitrogen and oxygen atoms in total. The first-order valence-corrected chi connectivity index (χ1v) is 11.3. The topological polar surface area (TPSA) is 44.8 Å². The fourth-order valence-corrected chi connectivity index (χ4v) is 3.77. The van der Waals surface area contributed by atoms with Gasteiger partial charge in [-0.25, -0.2) is 0 Å². The van der Waals surface area contributed by atoms with Crippen molar-refractivity contribution >= 4 is 14.1 Å². The molecule has 1 rings (SSSR count). The third kappa shape index (κ3) is 6.11. The zero-order valence-electron chi connectivity index (χ0n) is 15.5. The Morgan fingerprint density at radius 3 is 2.27 bits per heavy atom. The molecular formula is C17H34O4Si. The second-order valence-corrected chi connectivity index (χ2v) is 12.9. The standard InChI is InChI=1S/C17H34O4Si/c1-14(21-22(6,7)16(2,3)4)8-9-15(18)10-11-17(5)19-12-13-20-17/h14H,8-13H2,1-7H3. The summed E-state index contributed by atoms with van der Waals surface area (Å²) in [5.41, 5.74) is 0. The molecule has 0 radical (unpaired) electrons. The number of carbonyl (C=O) groups excluding carboxylic acids is 1. The summed E-state index contributed by atoms with van der Waals surface area (Å²) in [6, 6.07) is 0. The van der Waals surface area contributed by atoms with Gasteiger partial charge in [-0.05, 0) is 38.4 Å². The average molecular weight is 331 g/mol. The Balaban J connectivity index is 2.28. The predicted molar refractivity (Wildman–Crippen MR) is 91.5 cm³/mol. The lowest BCUT2D eigenvalue weighted by atomic mass is 10.0. The van der Waals surface area contributed by atoms with E-state index in [1.54, 1.807) is 0 Å². The van der Waals surface area contributed by atoms with Crippen LogP contribution in [0.15, 0.2) is 0 Å². The van der Waals surface area contributed by atoms with Crippen molar-refractivity contribution in [2.75, 3.05) is 13.2 Å². The van der Waals surface area contributed by atoms with Gasteiger partial charge in [0.2, 0.25) is 0 Å². The van der Waals surface area contributed by atoms with Crippen LogP contribution in [0.1, 0.15) is 60.3 Å². The Hall–Kier alpha value is -0.233. The van der Waals surface area contributed by atoms with Gasteiger partial charge in [-0.15, -0.1) is 0 Å². The van der Waals surface area contributed by atoms with E-state index >= 15 is 0 Å². The maximum absolute atomic E-state index is 12.1. The lowest BCUT2D eigenvalue weighted by Gasteiger charge is -2.38. The van der Waals surface area contributed by atoms with E-state index in [2.05, 4.69) is 40.8 Å². The maximum atomic E-state index is 12.1.